The second kappa shape index (κ2) is 31.6. The Hall–Kier alpha value is -1.88. The first-order valence-electron chi connectivity index (χ1n) is 16.5. The number of ether oxygens (including phenoxy) is 3. The number of hydrogen-bond donors (Lipinski definition) is 0. The van der Waals surface area contributed by atoms with Crippen LogP contribution in [-0.2, 0) is 23.8 Å². The molecule has 0 aliphatic rings. The molecule has 0 N–H and O–H groups in total. The van der Waals surface area contributed by atoms with Crippen molar-refractivity contribution >= 4 is 11.9 Å². The van der Waals surface area contributed by atoms with Crippen molar-refractivity contribution in [3.63, 3.8) is 0 Å². The molecule has 0 heterocycles. The molecule has 5 heteroatoms. The summed E-state index contributed by atoms with van der Waals surface area (Å²) >= 11 is 0. The van der Waals surface area contributed by atoms with Gasteiger partial charge in [-0.2, -0.15) is 0 Å². The Kier molecular flexibility index (Phi) is 30.2. The molecule has 0 fully saturated rings. The van der Waals surface area contributed by atoms with Gasteiger partial charge in [-0.25, -0.2) is 0 Å². The van der Waals surface area contributed by atoms with Gasteiger partial charge in [0.15, 0.2) is 6.10 Å². The lowest BCUT2D eigenvalue weighted by Crippen LogP contribution is -2.30. The number of hydrogen-bond acceptors (Lipinski definition) is 5. The Morgan fingerprint density at radius 1 is 0.575 bits per heavy atom. The van der Waals surface area contributed by atoms with Gasteiger partial charge in [0.25, 0.3) is 0 Å². The normalized spacial score (nSPS) is 12.6. The molecule has 0 aromatic rings. The van der Waals surface area contributed by atoms with Gasteiger partial charge in [0.2, 0.25) is 0 Å². The minimum atomic E-state index is -0.533. The first-order valence-corrected chi connectivity index (χ1v) is 16.5. The minimum absolute atomic E-state index is 0.0708. The van der Waals surface area contributed by atoms with Gasteiger partial charge in [0, 0.05) is 19.4 Å². The summed E-state index contributed by atoms with van der Waals surface area (Å²) in [6, 6.07) is 0. The second-order valence-electron chi connectivity index (χ2n) is 10.7. The van der Waals surface area contributed by atoms with E-state index in [0.717, 1.165) is 77.0 Å². The molecule has 232 valence electrons. The van der Waals surface area contributed by atoms with Crippen LogP contribution in [-0.4, -0.2) is 37.9 Å². The lowest BCUT2D eigenvalue weighted by atomic mass is 10.1. The van der Waals surface area contributed by atoms with Crippen LogP contribution in [0.25, 0.3) is 0 Å². The summed E-state index contributed by atoms with van der Waals surface area (Å²) in [5.74, 6) is -0.452. The maximum atomic E-state index is 12.3. The van der Waals surface area contributed by atoms with E-state index in [1.54, 1.807) is 0 Å². The molecule has 0 rings (SSSR count). The summed E-state index contributed by atoms with van der Waals surface area (Å²) in [7, 11) is 0. The lowest BCUT2D eigenvalue weighted by molar-refractivity contribution is -0.163. The molecule has 0 aromatic heterocycles. The molecule has 0 spiro atoms. The van der Waals surface area contributed by atoms with Crippen LogP contribution in [0, 0.1) is 0 Å². The van der Waals surface area contributed by atoms with Crippen LogP contribution >= 0.6 is 0 Å². The number of rotatable bonds is 29. The third kappa shape index (κ3) is 29.1. The van der Waals surface area contributed by atoms with E-state index in [1.807, 2.05) is 0 Å². The molecule has 5 nitrogen and oxygen atoms in total. The van der Waals surface area contributed by atoms with Gasteiger partial charge in [-0.1, -0.05) is 121 Å². The Bertz CT molecular complexity index is 652. The molecule has 1 atom stereocenters. The van der Waals surface area contributed by atoms with Crippen molar-refractivity contribution in [2.24, 2.45) is 0 Å². The summed E-state index contributed by atoms with van der Waals surface area (Å²) in [5.41, 5.74) is 0. The van der Waals surface area contributed by atoms with Crippen LogP contribution in [0.4, 0.5) is 0 Å². The zero-order chi connectivity index (χ0) is 29.4. The van der Waals surface area contributed by atoms with Crippen LogP contribution in [0.1, 0.15) is 149 Å². The maximum absolute atomic E-state index is 12.3. The Morgan fingerprint density at radius 2 is 1.12 bits per heavy atom. The minimum Gasteiger partial charge on any atom is -0.462 e. The van der Waals surface area contributed by atoms with Gasteiger partial charge in [-0.15, -0.1) is 0 Å². The molecular weight excluding hydrogens is 500 g/mol. The third-order valence-corrected chi connectivity index (χ3v) is 6.69. The van der Waals surface area contributed by atoms with Gasteiger partial charge in [-0.3, -0.25) is 9.59 Å². The van der Waals surface area contributed by atoms with E-state index in [-0.39, 0.29) is 25.2 Å². The molecular formula is C35H62O5. The highest BCUT2D eigenvalue weighted by molar-refractivity contribution is 5.70. The fraction of sp³-hybridized carbons (Fsp3) is 0.771. The number of unbranched alkanes of at least 4 members (excludes halogenated alkanes) is 12. The molecule has 40 heavy (non-hydrogen) atoms. The smallest absolute Gasteiger partial charge is 0.306 e. The van der Waals surface area contributed by atoms with Crippen LogP contribution < -0.4 is 0 Å². The van der Waals surface area contributed by atoms with Crippen molar-refractivity contribution in [3.05, 3.63) is 36.5 Å². The van der Waals surface area contributed by atoms with Crippen molar-refractivity contribution in [2.45, 2.75) is 155 Å². The fourth-order valence-corrected chi connectivity index (χ4v) is 4.23. The molecule has 0 radical (unpaired) electrons. The van der Waals surface area contributed by atoms with Gasteiger partial charge in [0.05, 0.1) is 6.61 Å². The van der Waals surface area contributed by atoms with Crippen LogP contribution in [0.5, 0.6) is 0 Å². The second-order valence-corrected chi connectivity index (χ2v) is 10.7. The van der Waals surface area contributed by atoms with Crippen molar-refractivity contribution in [1.82, 2.24) is 0 Å². The zero-order valence-electron chi connectivity index (χ0n) is 26.3. The SMILES string of the molecule is CC/C=C\C/C=C\C/C=C\CCCCCC(=O)OCC(COCCCCCCCC)OC(=O)CCCCCCC. The van der Waals surface area contributed by atoms with E-state index in [1.165, 1.54) is 38.5 Å². The first kappa shape index (κ1) is 38.1. The molecule has 0 saturated heterocycles. The number of allylic oxidation sites excluding steroid dienone is 6. The van der Waals surface area contributed by atoms with Crippen LogP contribution in [0.2, 0.25) is 0 Å². The van der Waals surface area contributed by atoms with Crippen molar-refractivity contribution in [2.75, 3.05) is 19.8 Å². The highest BCUT2D eigenvalue weighted by atomic mass is 16.6. The van der Waals surface area contributed by atoms with Crippen LogP contribution in [0.3, 0.4) is 0 Å². The van der Waals surface area contributed by atoms with Gasteiger partial charge in [0.1, 0.15) is 6.61 Å². The molecule has 0 saturated carbocycles. The van der Waals surface area contributed by atoms with Gasteiger partial charge in [-0.05, 0) is 51.4 Å². The number of carbonyl (C=O) groups is 2. The zero-order valence-corrected chi connectivity index (χ0v) is 26.3. The van der Waals surface area contributed by atoms with E-state index in [2.05, 4.69) is 57.2 Å². The average molecular weight is 563 g/mol. The quantitative estimate of drug-likeness (QED) is 0.0515. The average Bonchev–Trinajstić information content (AvgIpc) is 2.95. The monoisotopic (exact) mass is 562 g/mol. The standard InChI is InChI=1S/C35H62O5/c1-4-7-10-13-15-16-17-18-19-20-21-23-25-28-34(36)39-32-33(31-38-30-27-24-14-11-8-5-2)40-35(37)29-26-22-12-9-6-3/h7,10,15-16,18-19,33H,4-6,8-9,11-14,17,20-32H2,1-3H3/b10-7-,16-15-,19-18-. The summed E-state index contributed by atoms with van der Waals surface area (Å²) in [6.07, 6.45) is 33.1. The number of esters is 2. The van der Waals surface area contributed by atoms with E-state index < -0.39 is 6.10 Å². The molecule has 0 aliphatic carbocycles. The van der Waals surface area contributed by atoms with Gasteiger partial charge < -0.3 is 14.2 Å². The van der Waals surface area contributed by atoms with Crippen molar-refractivity contribution < 1.29 is 23.8 Å². The van der Waals surface area contributed by atoms with Gasteiger partial charge >= 0.3 is 11.9 Å². The summed E-state index contributed by atoms with van der Waals surface area (Å²) in [5, 5.41) is 0. The van der Waals surface area contributed by atoms with E-state index in [9.17, 15) is 9.59 Å². The molecule has 1 unspecified atom stereocenters. The van der Waals surface area contributed by atoms with Crippen LogP contribution in [0.15, 0.2) is 36.5 Å². The molecule has 0 amide bonds. The van der Waals surface area contributed by atoms with E-state index in [0.29, 0.717) is 19.4 Å². The van der Waals surface area contributed by atoms with Crippen molar-refractivity contribution in [3.8, 4) is 0 Å². The largest absolute Gasteiger partial charge is 0.462 e. The lowest BCUT2D eigenvalue weighted by Gasteiger charge is -2.18. The maximum Gasteiger partial charge on any atom is 0.306 e. The Balaban J connectivity index is 4.17. The fourth-order valence-electron chi connectivity index (χ4n) is 4.23. The summed E-state index contributed by atoms with van der Waals surface area (Å²) in [6.45, 7) is 7.54. The predicted octanol–water partition coefficient (Wildman–Crippen LogP) is 9.99. The summed E-state index contributed by atoms with van der Waals surface area (Å²) in [4.78, 5) is 24.6. The Labute approximate surface area is 247 Å². The van der Waals surface area contributed by atoms with Crippen molar-refractivity contribution in [1.29, 1.82) is 0 Å². The highest BCUT2D eigenvalue weighted by Gasteiger charge is 2.17. The molecule has 0 aliphatic heterocycles. The van der Waals surface area contributed by atoms with E-state index in [4.69, 9.17) is 14.2 Å². The third-order valence-electron chi connectivity index (χ3n) is 6.69. The summed E-state index contributed by atoms with van der Waals surface area (Å²) < 4.78 is 16.9. The topological polar surface area (TPSA) is 61.8 Å². The molecule has 0 bridgehead atoms. The highest BCUT2D eigenvalue weighted by Crippen LogP contribution is 2.10. The first-order chi connectivity index (χ1) is 19.6. The molecule has 0 aromatic carbocycles. The van der Waals surface area contributed by atoms with E-state index >= 15 is 0 Å². The Morgan fingerprint density at radius 3 is 1.80 bits per heavy atom. The predicted molar refractivity (Wildman–Crippen MR) is 168 cm³/mol. The number of carbonyl (C=O) groups excluding carboxylic acids is 2.